The van der Waals surface area contributed by atoms with Crippen molar-refractivity contribution in [3.05, 3.63) is 29.1 Å². The quantitative estimate of drug-likeness (QED) is 0.743. The molecule has 0 unspecified atom stereocenters. The first-order valence-electron chi connectivity index (χ1n) is 5.03. The molecular weight excluding hydrogens is 193 g/mol. The van der Waals surface area contributed by atoms with Gasteiger partial charge in [-0.15, -0.1) is 0 Å². The Balaban J connectivity index is 2.48. The first kappa shape index (κ1) is 9.97. The highest BCUT2D eigenvalue weighted by Crippen LogP contribution is 2.39. The zero-order valence-electron chi connectivity index (χ0n) is 8.59. The lowest BCUT2D eigenvalue weighted by molar-refractivity contribution is 0.397. The number of benzene rings is 1. The lowest BCUT2D eigenvalue weighted by atomic mass is 9.78. The van der Waals surface area contributed by atoms with Crippen molar-refractivity contribution in [1.82, 2.24) is 0 Å². The summed E-state index contributed by atoms with van der Waals surface area (Å²) in [5, 5.41) is 8.90. The molecular formula is C12H12FNO. The third-order valence-corrected chi connectivity index (χ3v) is 2.99. The molecule has 2 nitrogen and oxygen atoms in total. The van der Waals surface area contributed by atoms with Crippen LogP contribution >= 0.6 is 0 Å². The molecule has 1 aliphatic carbocycles. The standard InChI is InChI=1S/C12H12FNO/c1-15-9-5-10(8-3-2-4-8)11(7-14)12(13)6-9/h5-6,8H,2-4H2,1H3. The SMILES string of the molecule is COc1cc(F)c(C#N)c(C2CCC2)c1. The van der Waals surface area contributed by atoms with Gasteiger partial charge in [-0.2, -0.15) is 5.26 Å². The molecule has 1 aromatic rings. The molecule has 78 valence electrons. The van der Waals surface area contributed by atoms with Gasteiger partial charge < -0.3 is 4.74 Å². The molecule has 0 bridgehead atoms. The van der Waals surface area contributed by atoms with Gasteiger partial charge >= 0.3 is 0 Å². The molecule has 0 amide bonds. The minimum absolute atomic E-state index is 0.181. The third-order valence-electron chi connectivity index (χ3n) is 2.99. The predicted octanol–water partition coefficient (Wildman–Crippen LogP) is 2.97. The number of rotatable bonds is 2. The van der Waals surface area contributed by atoms with Crippen LogP contribution < -0.4 is 4.74 Å². The van der Waals surface area contributed by atoms with E-state index in [-0.39, 0.29) is 5.56 Å². The summed E-state index contributed by atoms with van der Waals surface area (Å²) in [6, 6.07) is 4.98. The fourth-order valence-corrected chi connectivity index (χ4v) is 1.88. The lowest BCUT2D eigenvalue weighted by Crippen LogP contribution is -2.11. The number of halogens is 1. The summed E-state index contributed by atoms with van der Waals surface area (Å²) in [6.45, 7) is 0. The fraction of sp³-hybridized carbons (Fsp3) is 0.417. The van der Waals surface area contributed by atoms with Gasteiger partial charge in [-0.3, -0.25) is 0 Å². The summed E-state index contributed by atoms with van der Waals surface area (Å²) in [5.41, 5.74) is 0.987. The average Bonchev–Trinajstić information content (AvgIpc) is 2.14. The molecule has 0 aromatic heterocycles. The van der Waals surface area contributed by atoms with Gasteiger partial charge in [0.2, 0.25) is 0 Å². The highest BCUT2D eigenvalue weighted by Gasteiger charge is 2.24. The van der Waals surface area contributed by atoms with Crippen molar-refractivity contribution in [1.29, 1.82) is 5.26 Å². The van der Waals surface area contributed by atoms with Crippen molar-refractivity contribution in [3.63, 3.8) is 0 Å². The minimum Gasteiger partial charge on any atom is -0.497 e. The van der Waals surface area contributed by atoms with Crippen LogP contribution in [-0.2, 0) is 0 Å². The molecule has 1 saturated carbocycles. The van der Waals surface area contributed by atoms with E-state index in [0.717, 1.165) is 24.8 Å². The summed E-state index contributed by atoms with van der Waals surface area (Å²) in [5.74, 6) is 0.358. The van der Waals surface area contributed by atoms with Gasteiger partial charge in [-0.1, -0.05) is 6.42 Å². The topological polar surface area (TPSA) is 33.0 Å². The fourth-order valence-electron chi connectivity index (χ4n) is 1.88. The van der Waals surface area contributed by atoms with E-state index >= 15 is 0 Å². The van der Waals surface area contributed by atoms with E-state index in [0.29, 0.717) is 11.7 Å². The molecule has 0 aliphatic heterocycles. The number of nitriles is 1. The van der Waals surface area contributed by atoms with Crippen LogP contribution in [0.1, 0.15) is 36.3 Å². The molecule has 0 atom stereocenters. The number of hydrogen-bond acceptors (Lipinski definition) is 2. The molecule has 1 fully saturated rings. The van der Waals surface area contributed by atoms with Crippen molar-refractivity contribution < 1.29 is 9.13 Å². The molecule has 0 radical (unpaired) electrons. The van der Waals surface area contributed by atoms with Crippen LogP contribution in [0, 0.1) is 17.1 Å². The maximum absolute atomic E-state index is 13.5. The molecule has 0 N–H and O–H groups in total. The second kappa shape index (κ2) is 3.90. The largest absolute Gasteiger partial charge is 0.497 e. The summed E-state index contributed by atoms with van der Waals surface area (Å²) in [6.07, 6.45) is 3.25. The van der Waals surface area contributed by atoms with Gasteiger partial charge in [0.15, 0.2) is 0 Å². The summed E-state index contributed by atoms with van der Waals surface area (Å²) in [7, 11) is 1.51. The van der Waals surface area contributed by atoms with E-state index in [9.17, 15) is 4.39 Å². The Bertz CT molecular complexity index is 418. The van der Waals surface area contributed by atoms with E-state index in [1.165, 1.54) is 13.2 Å². The van der Waals surface area contributed by atoms with Gasteiger partial charge in [-0.05, 0) is 30.4 Å². The highest BCUT2D eigenvalue weighted by atomic mass is 19.1. The van der Waals surface area contributed by atoms with E-state index in [2.05, 4.69) is 0 Å². The van der Waals surface area contributed by atoms with Crippen LogP contribution in [0.2, 0.25) is 0 Å². The molecule has 1 aliphatic rings. The zero-order valence-corrected chi connectivity index (χ0v) is 8.59. The maximum Gasteiger partial charge on any atom is 0.144 e. The molecule has 0 heterocycles. The monoisotopic (exact) mass is 205 g/mol. The molecule has 2 rings (SSSR count). The molecule has 3 heteroatoms. The number of nitrogens with zero attached hydrogens (tertiary/aromatic N) is 1. The Morgan fingerprint density at radius 3 is 2.67 bits per heavy atom. The summed E-state index contributed by atoms with van der Waals surface area (Å²) < 4.78 is 18.5. The van der Waals surface area contributed by atoms with E-state index < -0.39 is 5.82 Å². The van der Waals surface area contributed by atoms with Gasteiger partial charge in [0.25, 0.3) is 0 Å². The van der Waals surface area contributed by atoms with E-state index in [1.54, 1.807) is 6.07 Å². The van der Waals surface area contributed by atoms with Crippen LogP contribution in [-0.4, -0.2) is 7.11 Å². The van der Waals surface area contributed by atoms with E-state index in [4.69, 9.17) is 10.00 Å². The third kappa shape index (κ3) is 1.68. The van der Waals surface area contributed by atoms with Gasteiger partial charge in [0.1, 0.15) is 17.6 Å². The van der Waals surface area contributed by atoms with Crippen LogP contribution in [0.25, 0.3) is 0 Å². The van der Waals surface area contributed by atoms with Gasteiger partial charge in [-0.25, -0.2) is 4.39 Å². The average molecular weight is 205 g/mol. The maximum atomic E-state index is 13.5. The zero-order chi connectivity index (χ0) is 10.8. The molecule has 0 saturated heterocycles. The molecule has 0 spiro atoms. The van der Waals surface area contributed by atoms with Crippen molar-refractivity contribution in [3.8, 4) is 11.8 Å². The number of hydrogen-bond donors (Lipinski definition) is 0. The Hall–Kier alpha value is -1.56. The van der Waals surface area contributed by atoms with Gasteiger partial charge in [0, 0.05) is 6.07 Å². The Morgan fingerprint density at radius 1 is 1.47 bits per heavy atom. The van der Waals surface area contributed by atoms with Crippen LogP contribution in [0.4, 0.5) is 4.39 Å². The smallest absolute Gasteiger partial charge is 0.144 e. The second-order valence-corrected chi connectivity index (χ2v) is 3.81. The lowest BCUT2D eigenvalue weighted by Gasteiger charge is -2.27. The van der Waals surface area contributed by atoms with Gasteiger partial charge in [0.05, 0.1) is 12.7 Å². The summed E-state index contributed by atoms with van der Waals surface area (Å²) in [4.78, 5) is 0. The van der Waals surface area contributed by atoms with Crippen molar-refractivity contribution in [2.45, 2.75) is 25.2 Å². The Kier molecular flexibility index (Phi) is 2.59. The Morgan fingerprint density at radius 2 is 2.20 bits per heavy atom. The number of methoxy groups -OCH3 is 1. The normalized spacial score (nSPS) is 15.5. The Labute approximate surface area is 88.3 Å². The first-order chi connectivity index (χ1) is 7.26. The minimum atomic E-state index is -0.473. The van der Waals surface area contributed by atoms with Crippen LogP contribution in [0.15, 0.2) is 12.1 Å². The second-order valence-electron chi connectivity index (χ2n) is 3.81. The highest BCUT2D eigenvalue weighted by molar-refractivity contribution is 5.46. The van der Waals surface area contributed by atoms with Crippen molar-refractivity contribution >= 4 is 0 Å². The van der Waals surface area contributed by atoms with E-state index in [1.807, 2.05) is 6.07 Å². The summed E-state index contributed by atoms with van der Waals surface area (Å²) >= 11 is 0. The predicted molar refractivity (Wildman–Crippen MR) is 54.3 cm³/mol. The van der Waals surface area contributed by atoms with Crippen molar-refractivity contribution in [2.24, 2.45) is 0 Å². The molecule has 15 heavy (non-hydrogen) atoms. The molecule has 1 aromatic carbocycles. The number of ether oxygens (including phenoxy) is 1. The van der Waals surface area contributed by atoms with Crippen molar-refractivity contribution in [2.75, 3.05) is 7.11 Å². The first-order valence-corrected chi connectivity index (χ1v) is 5.03. The van der Waals surface area contributed by atoms with Crippen LogP contribution in [0.5, 0.6) is 5.75 Å². The van der Waals surface area contributed by atoms with Crippen LogP contribution in [0.3, 0.4) is 0 Å².